The predicted octanol–water partition coefficient (Wildman–Crippen LogP) is 1.20. The molecule has 0 radical (unpaired) electrons. The van der Waals surface area contributed by atoms with E-state index in [1.165, 1.54) is 5.69 Å². The topological polar surface area (TPSA) is 78.0 Å². The van der Waals surface area contributed by atoms with Crippen molar-refractivity contribution < 1.29 is 9.53 Å². The number of nitrogens with zero attached hydrogens (tertiary/aromatic N) is 2. The number of para-hydroxylation sites is 1. The number of carbonyl (C=O) groups is 1. The second-order valence-electron chi connectivity index (χ2n) is 6.03. The fourth-order valence-electron chi connectivity index (χ4n) is 2.88. The number of benzene rings is 1. The van der Waals surface area contributed by atoms with Gasteiger partial charge in [-0.25, -0.2) is 0 Å². The molecule has 2 rings (SSSR count). The quantitative estimate of drug-likeness (QED) is 0.239. The van der Waals surface area contributed by atoms with E-state index < -0.39 is 0 Å². The van der Waals surface area contributed by atoms with Crippen molar-refractivity contribution >= 4 is 41.5 Å². The Morgan fingerprint density at radius 1 is 1.31 bits per heavy atom. The van der Waals surface area contributed by atoms with Gasteiger partial charge in [0, 0.05) is 45.5 Å². The zero-order valence-electron chi connectivity index (χ0n) is 15.5. The SMILES string of the molecule is CN=C(NCC(=O)NCCOC)NC1CCCN(c2ccccc2)C1.I. The number of aliphatic imine (C=N–C) groups is 1. The summed E-state index contributed by atoms with van der Waals surface area (Å²) < 4.78 is 4.91. The Morgan fingerprint density at radius 2 is 2.08 bits per heavy atom. The van der Waals surface area contributed by atoms with Crippen LogP contribution in [0.4, 0.5) is 5.69 Å². The van der Waals surface area contributed by atoms with Crippen molar-refractivity contribution in [2.24, 2.45) is 4.99 Å². The number of halogens is 1. The Bertz CT molecular complexity index is 556. The summed E-state index contributed by atoms with van der Waals surface area (Å²) in [6, 6.07) is 10.7. The fraction of sp³-hybridized carbons (Fsp3) is 0.556. The molecule has 1 fully saturated rings. The lowest BCUT2D eigenvalue weighted by molar-refractivity contribution is -0.120. The van der Waals surface area contributed by atoms with Crippen LogP contribution >= 0.6 is 24.0 Å². The lowest BCUT2D eigenvalue weighted by Crippen LogP contribution is -2.52. The molecule has 7 nitrogen and oxygen atoms in total. The van der Waals surface area contributed by atoms with Gasteiger partial charge in [0.1, 0.15) is 0 Å². The number of ether oxygens (including phenoxy) is 1. The summed E-state index contributed by atoms with van der Waals surface area (Å²) in [7, 11) is 3.33. The molecule has 0 spiro atoms. The number of amides is 1. The minimum atomic E-state index is -0.0745. The molecule has 1 aliphatic rings. The molecule has 1 aliphatic heterocycles. The van der Waals surface area contributed by atoms with Gasteiger partial charge in [0.25, 0.3) is 0 Å². The highest BCUT2D eigenvalue weighted by Gasteiger charge is 2.21. The fourth-order valence-corrected chi connectivity index (χ4v) is 2.88. The van der Waals surface area contributed by atoms with Crippen LogP contribution in [0.1, 0.15) is 12.8 Å². The zero-order chi connectivity index (χ0) is 17.9. The Hall–Kier alpha value is -1.55. The largest absolute Gasteiger partial charge is 0.383 e. The van der Waals surface area contributed by atoms with Gasteiger partial charge in [-0.2, -0.15) is 0 Å². The molecule has 3 N–H and O–H groups in total. The summed E-state index contributed by atoms with van der Waals surface area (Å²) >= 11 is 0. The van der Waals surface area contributed by atoms with Crippen molar-refractivity contribution in [1.82, 2.24) is 16.0 Å². The van der Waals surface area contributed by atoms with E-state index in [0.717, 1.165) is 25.9 Å². The molecule has 26 heavy (non-hydrogen) atoms. The molecule has 1 unspecified atom stereocenters. The zero-order valence-corrected chi connectivity index (χ0v) is 17.9. The standard InChI is InChI=1S/C18H29N5O2.HI/c1-19-18(21-13-17(24)20-10-12-25-2)22-15-7-6-11-23(14-15)16-8-4-3-5-9-16;/h3-5,8-9,15H,6-7,10-14H2,1-2H3,(H,20,24)(H2,19,21,22);1H. The van der Waals surface area contributed by atoms with Crippen LogP contribution in [0, 0.1) is 0 Å². The summed E-state index contributed by atoms with van der Waals surface area (Å²) in [5, 5.41) is 9.26. The van der Waals surface area contributed by atoms with Crippen LogP contribution in [0.5, 0.6) is 0 Å². The average molecular weight is 475 g/mol. The van der Waals surface area contributed by atoms with Crippen molar-refractivity contribution in [1.29, 1.82) is 0 Å². The molecular formula is C18H30IN5O2. The van der Waals surface area contributed by atoms with Crippen molar-refractivity contribution in [3.8, 4) is 0 Å². The van der Waals surface area contributed by atoms with Crippen LogP contribution in [0.3, 0.4) is 0 Å². The molecule has 0 aliphatic carbocycles. The van der Waals surface area contributed by atoms with Gasteiger partial charge in [-0.1, -0.05) is 18.2 Å². The van der Waals surface area contributed by atoms with E-state index in [1.807, 2.05) is 6.07 Å². The summed E-state index contributed by atoms with van der Waals surface area (Å²) in [6.45, 7) is 3.20. The third kappa shape index (κ3) is 7.77. The van der Waals surface area contributed by atoms with Gasteiger partial charge in [-0.3, -0.25) is 9.79 Å². The first-order valence-electron chi connectivity index (χ1n) is 8.75. The van der Waals surface area contributed by atoms with Crippen molar-refractivity contribution in [3.05, 3.63) is 30.3 Å². The molecule has 146 valence electrons. The molecule has 1 saturated heterocycles. The van der Waals surface area contributed by atoms with Gasteiger partial charge < -0.3 is 25.6 Å². The number of anilines is 1. The van der Waals surface area contributed by atoms with Crippen LogP contribution in [0.25, 0.3) is 0 Å². The Balaban J connectivity index is 0.00000338. The van der Waals surface area contributed by atoms with E-state index in [2.05, 4.69) is 50.1 Å². The number of hydrogen-bond donors (Lipinski definition) is 3. The number of nitrogens with one attached hydrogen (secondary N) is 3. The van der Waals surface area contributed by atoms with E-state index >= 15 is 0 Å². The first kappa shape index (κ1) is 22.5. The summed E-state index contributed by atoms with van der Waals surface area (Å²) in [6.07, 6.45) is 2.21. The van der Waals surface area contributed by atoms with E-state index in [9.17, 15) is 4.79 Å². The molecule has 1 atom stereocenters. The highest BCUT2D eigenvalue weighted by Crippen LogP contribution is 2.19. The lowest BCUT2D eigenvalue weighted by atomic mass is 10.1. The van der Waals surface area contributed by atoms with Crippen LogP contribution < -0.4 is 20.9 Å². The van der Waals surface area contributed by atoms with E-state index in [4.69, 9.17) is 4.74 Å². The average Bonchev–Trinajstić information content (AvgIpc) is 2.66. The van der Waals surface area contributed by atoms with Gasteiger partial charge in [-0.05, 0) is 25.0 Å². The predicted molar refractivity (Wildman–Crippen MR) is 116 cm³/mol. The van der Waals surface area contributed by atoms with E-state index in [1.54, 1.807) is 14.2 Å². The minimum Gasteiger partial charge on any atom is -0.383 e. The summed E-state index contributed by atoms with van der Waals surface area (Å²) in [4.78, 5) is 18.3. The first-order valence-corrected chi connectivity index (χ1v) is 8.75. The number of carbonyl (C=O) groups excluding carboxylic acids is 1. The number of hydrogen-bond acceptors (Lipinski definition) is 4. The van der Waals surface area contributed by atoms with Gasteiger partial charge in [-0.15, -0.1) is 24.0 Å². The molecule has 1 aromatic rings. The smallest absolute Gasteiger partial charge is 0.239 e. The Labute approximate surface area is 173 Å². The minimum absolute atomic E-state index is 0. The molecule has 1 heterocycles. The highest BCUT2D eigenvalue weighted by atomic mass is 127. The molecule has 8 heteroatoms. The second kappa shape index (κ2) is 12.7. The second-order valence-corrected chi connectivity index (χ2v) is 6.03. The Morgan fingerprint density at radius 3 is 2.77 bits per heavy atom. The molecule has 0 aromatic heterocycles. The third-order valence-corrected chi connectivity index (χ3v) is 4.15. The number of piperidine rings is 1. The number of methoxy groups -OCH3 is 1. The first-order chi connectivity index (χ1) is 12.2. The van der Waals surface area contributed by atoms with Crippen molar-refractivity contribution in [2.45, 2.75) is 18.9 Å². The van der Waals surface area contributed by atoms with Crippen molar-refractivity contribution in [3.63, 3.8) is 0 Å². The van der Waals surface area contributed by atoms with Gasteiger partial charge >= 0.3 is 0 Å². The molecule has 0 saturated carbocycles. The third-order valence-electron chi connectivity index (χ3n) is 4.15. The van der Waals surface area contributed by atoms with E-state index in [-0.39, 0.29) is 36.4 Å². The molecule has 0 bridgehead atoms. The maximum Gasteiger partial charge on any atom is 0.239 e. The molecular weight excluding hydrogens is 445 g/mol. The number of rotatable bonds is 7. The summed E-state index contributed by atoms with van der Waals surface area (Å²) in [5.74, 6) is 0.580. The maximum absolute atomic E-state index is 11.7. The van der Waals surface area contributed by atoms with E-state index in [0.29, 0.717) is 25.2 Å². The van der Waals surface area contributed by atoms with Gasteiger partial charge in [0.15, 0.2) is 5.96 Å². The Kier molecular flexibility index (Phi) is 11.0. The maximum atomic E-state index is 11.7. The lowest BCUT2D eigenvalue weighted by Gasteiger charge is -2.35. The highest BCUT2D eigenvalue weighted by molar-refractivity contribution is 14.0. The van der Waals surface area contributed by atoms with Crippen molar-refractivity contribution in [2.75, 3.05) is 51.8 Å². The van der Waals surface area contributed by atoms with Crippen LogP contribution in [0.2, 0.25) is 0 Å². The van der Waals surface area contributed by atoms with Gasteiger partial charge in [0.05, 0.1) is 13.2 Å². The molecule has 1 amide bonds. The van der Waals surface area contributed by atoms with Crippen LogP contribution in [-0.2, 0) is 9.53 Å². The van der Waals surface area contributed by atoms with Crippen LogP contribution in [-0.4, -0.2) is 64.9 Å². The summed E-state index contributed by atoms with van der Waals surface area (Å²) in [5.41, 5.74) is 1.24. The number of guanidine groups is 1. The van der Waals surface area contributed by atoms with Crippen LogP contribution in [0.15, 0.2) is 35.3 Å². The molecule has 1 aromatic carbocycles. The normalized spacial score (nSPS) is 17.2. The monoisotopic (exact) mass is 475 g/mol. The van der Waals surface area contributed by atoms with Gasteiger partial charge in [0.2, 0.25) is 5.91 Å².